The zero-order valence-corrected chi connectivity index (χ0v) is 16.9. The molecule has 0 aromatic heterocycles. The van der Waals surface area contributed by atoms with Crippen LogP contribution in [0.25, 0.3) is 11.1 Å². The Bertz CT molecular complexity index is 970. The first kappa shape index (κ1) is 20.0. The first-order chi connectivity index (χ1) is 14.7. The molecule has 0 radical (unpaired) electrons. The van der Waals surface area contributed by atoms with Crippen LogP contribution in [0.2, 0.25) is 0 Å². The van der Waals surface area contributed by atoms with Crippen molar-refractivity contribution in [1.82, 2.24) is 5.32 Å². The van der Waals surface area contributed by atoms with E-state index in [4.69, 9.17) is 9.47 Å². The number of fused-ring (bicyclic) bond motifs is 3. The molecule has 1 atom stereocenters. The Morgan fingerprint density at radius 3 is 2.13 bits per heavy atom. The molecule has 0 saturated carbocycles. The molecule has 0 heterocycles. The number of benzene rings is 3. The second kappa shape index (κ2) is 9.01. The van der Waals surface area contributed by atoms with E-state index in [9.17, 15) is 9.90 Å². The van der Waals surface area contributed by atoms with Crippen LogP contribution in [0, 0.1) is 0 Å². The third kappa shape index (κ3) is 4.16. The Balaban J connectivity index is 1.38. The molecular weight excluding hydrogens is 378 g/mol. The smallest absolute Gasteiger partial charge is 0.407 e. The summed E-state index contributed by atoms with van der Waals surface area (Å²) < 4.78 is 10.7. The van der Waals surface area contributed by atoms with Crippen LogP contribution in [-0.4, -0.2) is 37.6 Å². The van der Waals surface area contributed by atoms with Gasteiger partial charge in [0.15, 0.2) is 0 Å². The van der Waals surface area contributed by atoms with Gasteiger partial charge in [-0.15, -0.1) is 0 Å². The highest BCUT2D eigenvalue weighted by Gasteiger charge is 2.29. The predicted octanol–water partition coefficient (Wildman–Crippen LogP) is 4.14. The number of aliphatic hydroxyl groups excluding tert-OH is 1. The van der Waals surface area contributed by atoms with Crippen molar-refractivity contribution in [3.05, 3.63) is 89.5 Å². The van der Waals surface area contributed by atoms with Gasteiger partial charge in [-0.1, -0.05) is 60.7 Å². The quantitative estimate of drug-likeness (QED) is 0.622. The van der Waals surface area contributed by atoms with Gasteiger partial charge in [0.25, 0.3) is 0 Å². The molecule has 2 N–H and O–H groups in total. The molecular formula is C25H25NO4. The molecule has 4 rings (SSSR count). The van der Waals surface area contributed by atoms with Crippen molar-refractivity contribution >= 4 is 6.09 Å². The molecule has 0 fully saturated rings. The lowest BCUT2D eigenvalue weighted by atomic mass is 9.98. The molecule has 3 aromatic carbocycles. The second-order valence-electron chi connectivity index (χ2n) is 7.40. The van der Waals surface area contributed by atoms with Crippen molar-refractivity contribution in [2.45, 2.75) is 18.4 Å². The van der Waals surface area contributed by atoms with E-state index in [2.05, 4.69) is 29.6 Å². The van der Waals surface area contributed by atoms with Gasteiger partial charge in [-0.2, -0.15) is 0 Å². The van der Waals surface area contributed by atoms with E-state index in [1.54, 1.807) is 7.11 Å². The fraction of sp³-hybridized carbons (Fsp3) is 0.240. The highest BCUT2D eigenvalue weighted by Crippen LogP contribution is 2.44. The number of methoxy groups -OCH3 is 1. The van der Waals surface area contributed by atoms with Crippen molar-refractivity contribution in [1.29, 1.82) is 0 Å². The molecule has 0 unspecified atom stereocenters. The van der Waals surface area contributed by atoms with E-state index >= 15 is 0 Å². The van der Waals surface area contributed by atoms with Gasteiger partial charge < -0.3 is 19.9 Å². The van der Waals surface area contributed by atoms with Crippen molar-refractivity contribution < 1.29 is 19.4 Å². The summed E-state index contributed by atoms with van der Waals surface area (Å²) >= 11 is 0. The lowest BCUT2D eigenvalue weighted by Gasteiger charge is -2.18. The largest absolute Gasteiger partial charge is 0.497 e. The number of nitrogens with one attached hydrogen (secondary N) is 1. The van der Waals surface area contributed by atoms with Crippen LogP contribution in [0.5, 0.6) is 5.75 Å². The predicted molar refractivity (Wildman–Crippen MR) is 116 cm³/mol. The molecule has 0 spiro atoms. The number of rotatable bonds is 7. The Labute approximate surface area is 176 Å². The number of carbonyl (C=O) groups excluding carboxylic acids is 1. The fourth-order valence-electron chi connectivity index (χ4n) is 4.01. The number of hydrogen-bond donors (Lipinski definition) is 2. The topological polar surface area (TPSA) is 67.8 Å². The lowest BCUT2D eigenvalue weighted by Crippen LogP contribution is -2.39. The monoisotopic (exact) mass is 403 g/mol. The molecule has 1 aliphatic carbocycles. The summed E-state index contributed by atoms with van der Waals surface area (Å²) in [5.74, 6) is 0.779. The number of aliphatic hydroxyl groups is 1. The van der Waals surface area contributed by atoms with Gasteiger partial charge in [-0.25, -0.2) is 4.79 Å². The maximum absolute atomic E-state index is 12.4. The molecule has 0 saturated heterocycles. The van der Waals surface area contributed by atoms with Crippen molar-refractivity contribution in [3.8, 4) is 16.9 Å². The van der Waals surface area contributed by atoms with E-state index in [0.29, 0.717) is 6.42 Å². The van der Waals surface area contributed by atoms with Gasteiger partial charge in [0.2, 0.25) is 0 Å². The SMILES string of the molecule is COc1ccc(C[C@@H](CO)NC(=O)OCC2c3ccccc3-c3ccccc32)cc1. The fourth-order valence-corrected chi connectivity index (χ4v) is 4.01. The van der Waals surface area contributed by atoms with Gasteiger partial charge in [-0.05, 0) is 46.4 Å². The number of hydrogen-bond acceptors (Lipinski definition) is 4. The molecule has 1 aliphatic rings. The minimum Gasteiger partial charge on any atom is -0.497 e. The summed E-state index contributed by atoms with van der Waals surface area (Å²) in [6, 6.07) is 23.6. The van der Waals surface area contributed by atoms with Crippen LogP contribution in [0.1, 0.15) is 22.6 Å². The summed E-state index contributed by atoms with van der Waals surface area (Å²) in [6.45, 7) is 0.0801. The first-order valence-electron chi connectivity index (χ1n) is 10.0. The second-order valence-corrected chi connectivity index (χ2v) is 7.40. The van der Waals surface area contributed by atoms with E-state index in [1.807, 2.05) is 48.5 Å². The average Bonchev–Trinajstić information content (AvgIpc) is 3.11. The van der Waals surface area contributed by atoms with Crippen LogP contribution < -0.4 is 10.1 Å². The lowest BCUT2D eigenvalue weighted by molar-refractivity contribution is 0.132. The van der Waals surface area contributed by atoms with Gasteiger partial charge in [0, 0.05) is 5.92 Å². The molecule has 1 amide bonds. The first-order valence-corrected chi connectivity index (χ1v) is 10.0. The van der Waals surface area contributed by atoms with Crippen LogP contribution >= 0.6 is 0 Å². The van der Waals surface area contributed by atoms with Crippen LogP contribution in [0.15, 0.2) is 72.8 Å². The highest BCUT2D eigenvalue weighted by molar-refractivity contribution is 5.79. The van der Waals surface area contributed by atoms with E-state index in [-0.39, 0.29) is 19.1 Å². The summed E-state index contributed by atoms with van der Waals surface area (Å²) in [7, 11) is 1.62. The third-order valence-electron chi connectivity index (χ3n) is 5.53. The zero-order chi connectivity index (χ0) is 20.9. The summed E-state index contributed by atoms with van der Waals surface area (Å²) in [6.07, 6.45) is -0.0190. The Hall–Kier alpha value is -3.31. The van der Waals surface area contributed by atoms with Crippen LogP contribution in [0.4, 0.5) is 4.79 Å². The van der Waals surface area contributed by atoms with Gasteiger partial charge in [0.1, 0.15) is 12.4 Å². The van der Waals surface area contributed by atoms with Gasteiger partial charge in [-0.3, -0.25) is 0 Å². The standard InChI is InChI=1S/C25H25NO4/c1-29-19-12-10-17(11-13-19)14-18(15-27)26-25(28)30-16-24-22-8-4-2-6-20(22)21-7-3-5-9-23(21)24/h2-13,18,24,27H,14-16H2,1H3,(H,26,28)/t18-/m0/s1. The van der Waals surface area contributed by atoms with Crippen molar-refractivity contribution in [3.63, 3.8) is 0 Å². The minimum absolute atomic E-state index is 0.0114. The van der Waals surface area contributed by atoms with E-state index in [1.165, 1.54) is 22.3 Å². The number of carbonyl (C=O) groups is 1. The molecule has 5 nitrogen and oxygen atoms in total. The molecule has 154 valence electrons. The average molecular weight is 403 g/mol. The Kier molecular flexibility index (Phi) is 6.00. The minimum atomic E-state index is -0.524. The third-order valence-corrected chi connectivity index (χ3v) is 5.53. The molecule has 3 aromatic rings. The van der Waals surface area contributed by atoms with E-state index in [0.717, 1.165) is 11.3 Å². The van der Waals surface area contributed by atoms with Crippen molar-refractivity contribution in [2.75, 3.05) is 20.3 Å². The Morgan fingerprint density at radius 2 is 1.57 bits per heavy atom. The highest BCUT2D eigenvalue weighted by atomic mass is 16.5. The molecule has 0 aliphatic heterocycles. The summed E-state index contributed by atoms with van der Waals surface area (Å²) in [4.78, 5) is 12.4. The van der Waals surface area contributed by atoms with Crippen molar-refractivity contribution in [2.24, 2.45) is 0 Å². The van der Waals surface area contributed by atoms with Crippen LogP contribution in [0.3, 0.4) is 0 Å². The number of alkyl carbamates (subject to hydrolysis) is 1. The van der Waals surface area contributed by atoms with Gasteiger partial charge in [0.05, 0.1) is 19.8 Å². The number of amides is 1. The van der Waals surface area contributed by atoms with Crippen LogP contribution in [-0.2, 0) is 11.2 Å². The maximum atomic E-state index is 12.4. The van der Waals surface area contributed by atoms with E-state index < -0.39 is 12.1 Å². The maximum Gasteiger partial charge on any atom is 0.407 e. The molecule has 5 heteroatoms. The summed E-state index contributed by atoms with van der Waals surface area (Å²) in [5.41, 5.74) is 5.71. The molecule has 30 heavy (non-hydrogen) atoms. The Morgan fingerprint density at radius 1 is 0.967 bits per heavy atom. The molecule has 0 bridgehead atoms. The van der Waals surface area contributed by atoms with Gasteiger partial charge >= 0.3 is 6.09 Å². The zero-order valence-electron chi connectivity index (χ0n) is 16.9. The summed E-state index contributed by atoms with van der Waals surface area (Å²) in [5, 5.41) is 12.5. The normalized spacial score (nSPS) is 13.3. The number of ether oxygens (including phenoxy) is 2.